The Balaban J connectivity index is 1.95. The van der Waals surface area contributed by atoms with Crippen LogP contribution in [0.4, 0.5) is 5.69 Å². The fourth-order valence-electron chi connectivity index (χ4n) is 2.64. The number of likely N-dealkylation sites (tertiary alicyclic amines) is 1. The van der Waals surface area contributed by atoms with Crippen LogP contribution in [0.5, 0.6) is 0 Å². The molecule has 7 nitrogen and oxygen atoms in total. The lowest BCUT2D eigenvalue weighted by molar-refractivity contribution is -0.144. The molecule has 1 aromatic rings. The number of hydrogen-bond acceptors (Lipinski definition) is 4. The van der Waals surface area contributed by atoms with Crippen molar-refractivity contribution < 1.29 is 14.4 Å². The predicted octanol–water partition coefficient (Wildman–Crippen LogP) is 1.26. The van der Waals surface area contributed by atoms with E-state index < -0.39 is 11.8 Å². The van der Waals surface area contributed by atoms with E-state index in [9.17, 15) is 14.4 Å². The quantitative estimate of drug-likeness (QED) is 0.807. The Kier molecular flexibility index (Phi) is 6.12. The third-order valence-corrected chi connectivity index (χ3v) is 4.02. The zero-order valence-electron chi connectivity index (χ0n) is 14.4. The van der Waals surface area contributed by atoms with E-state index in [0.717, 1.165) is 12.8 Å². The molecule has 0 unspecified atom stereocenters. The van der Waals surface area contributed by atoms with E-state index in [1.54, 1.807) is 18.2 Å². The second-order valence-corrected chi connectivity index (χ2v) is 6.40. The van der Waals surface area contributed by atoms with Crippen molar-refractivity contribution in [2.24, 2.45) is 5.92 Å². The summed E-state index contributed by atoms with van der Waals surface area (Å²) in [5.41, 5.74) is 0.804. The third kappa shape index (κ3) is 5.05. The molecule has 0 saturated carbocycles. The van der Waals surface area contributed by atoms with Crippen LogP contribution >= 0.6 is 0 Å². The molecule has 1 heterocycles. The molecule has 1 fully saturated rings. The lowest BCUT2D eigenvalue weighted by Crippen LogP contribution is -2.52. The van der Waals surface area contributed by atoms with Gasteiger partial charge in [-0.15, -0.1) is 0 Å². The highest BCUT2D eigenvalue weighted by Gasteiger charge is 2.29. The summed E-state index contributed by atoms with van der Waals surface area (Å²) in [5.74, 6) is -1.56. The van der Waals surface area contributed by atoms with Gasteiger partial charge in [0.05, 0.1) is 11.6 Å². The highest BCUT2D eigenvalue weighted by Crippen LogP contribution is 2.13. The van der Waals surface area contributed by atoms with Crippen LogP contribution < -0.4 is 10.6 Å². The number of carbonyl (C=O) groups is 3. The van der Waals surface area contributed by atoms with Gasteiger partial charge in [-0.25, -0.2) is 0 Å². The van der Waals surface area contributed by atoms with Gasteiger partial charge in [-0.05, 0) is 31.0 Å². The number of amides is 3. The van der Waals surface area contributed by atoms with Crippen LogP contribution in [0, 0.1) is 17.2 Å². The zero-order chi connectivity index (χ0) is 18.4. The number of nitrogens with zero attached hydrogens (tertiary/aromatic N) is 2. The Morgan fingerprint density at radius 2 is 2.08 bits per heavy atom. The first-order chi connectivity index (χ1) is 11.9. The number of benzene rings is 1. The standard InChI is InChI=1S/C18H22N4O3/c1-12(2)16(23)21-15-7-4-8-22(11-15)18(25)17(24)20-14-6-3-5-13(9-14)10-19/h3,5-6,9,12,15H,4,7-8,11H2,1-2H3,(H,20,24)(H,21,23)/t15-/m0/s1. The molecule has 1 saturated heterocycles. The maximum atomic E-state index is 12.4. The molecule has 0 radical (unpaired) electrons. The van der Waals surface area contributed by atoms with Gasteiger partial charge in [-0.3, -0.25) is 14.4 Å². The smallest absolute Gasteiger partial charge is 0.313 e. The maximum absolute atomic E-state index is 12.4. The summed E-state index contributed by atoms with van der Waals surface area (Å²) < 4.78 is 0. The number of piperidine rings is 1. The highest BCUT2D eigenvalue weighted by molar-refractivity contribution is 6.39. The second-order valence-electron chi connectivity index (χ2n) is 6.40. The summed E-state index contributed by atoms with van der Waals surface area (Å²) >= 11 is 0. The van der Waals surface area contributed by atoms with Gasteiger partial charge in [-0.1, -0.05) is 19.9 Å². The van der Waals surface area contributed by atoms with Gasteiger partial charge in [0.25, 0.3) is 0 Å². The summed E-state index contributed by atoms with van der Waals surface area (Å²) in [4.78, 5) is 37.8. The van der Waals surface area contributed by atoms with Crippen molar-refractivity contribution in [2.45, 2.75) is 32.7 Å². The van der Waals surface area contributed by atoms with E-state index in [0.29, 0.717) is 24.3 Å². The molecule has 3 amide bonds. The minimum Gasteiger partial charge on any atom is -0.351 e. The molecule has 2 rings (SSSR count). The van der Waals surface area contributed by atoms with E-state index in [-0.39, 0.29) is 17.9 Å². The van der Waals surface area contributed by atoms with Crippen LogP contribution in [0.25, 0.3) is 0 Å². The number of nitrogens with one attached hydrogen (secondary N) is 2. The molecule has 0 aromatic heterocycles. The van der Waals surface area contributed by atoms with E-state index in [2.05, 4.69) is 10.6 Å². The van der Waals surface area contributed by atoms with Crippen molar-refractivity contribution in [3.05, 3.63) is 29.8 Å². The van der Waals surface area contributed by atoms with Crippen molar-refractivity contribution in [2.75, 3.05) is 18.4 Å². The van der Waals surface area contributed by atoms with Crippen molar-refractivity contribution >= 4 is 23.4 Å². The first kappa shape index (κ1) is 18.5. The number of anilines is 1. The molecular formula is C18H22N4O3. The SMILES string of the molecule is CC(C)C(=O)N[C@H]1CCCN(C(=O)C(=O)Nc2cccc(C#N)c2)C1. The van der Waals surface area contributed by atoms with Crippen molar-refractivity contribution in [3.8, 4) is 6.07 Å². The minimum absolute atomic E-state index is 0.0583. The second kappa shape index (κ2) is 8.29. The summed E-state index contributed by atoms with van der Waals surface area (Å²) in [5, 5.41) is 14.3. The van der Waals surface area contributed by atoms with Crippen LogP contribution in [0.3, 0.4) is 0 Å². The van der Waals surface area contributed by atoms with E-state index >= 15 is 0 Å². The largest absolute Gasteiger partial charge is 0.351 e. The highest BCUT2D eigenvalue weighted by atomic mass is 16.2. The molecule has 132 valence electrons. The Morgan fingerprint density at radius 3 is 2.76 bits per heavy atom. The minimum atomic E-state index is -0.745. The first-order valence-electron chi connectivity index (χ1n) is 8.31. The Labute approximate surface area is 147 Å². The van der Waals surface area contributed by atoms with Crippen molar-refractivity contribution in [1.29, 1.82) is 5.26 Å². The topological polar surface area (TPSA) is 102 Å². The number of carbonyl (C=O) groups excluding carboxylic acids is 3. The number of nitriles is 1. The lowest BCUT2D eigenvalue weighted by atomic mass is 10.0. The van der Waals surface area contributed by atoms with Crippen LogP contribution in [-0.2, 0) is 14.4 Å². The van der Waals surface area contributed by atoms with Gasteiger partial charge >= 0.3 is 11.8 Å². The number of rotatable bonds is 3. The Bertz CT molecular complexity index is 709. The van der Waals surface area contributed by atoms with Crippen LogP contribution in [0.2, 0.25) is 0 Å². The van der Waals surface area contributed by atoms with Gasteiger partial charge < -0.3 is 15.5 Å². The lowest BCUT2D eigenvalue weighted by Gasteiger charge is -2.33. The fourth-order valence-corrected chi connectivity index (χ4v) is 2.64. The van der Waals surface area contributed by atoms with Crippen LogP contribution in [-0.4, -0.2) is 41.8 Å². The number of hydrogen-bond donors (Lipinski definition) is 2. The van der Waals surface area contributed by atoms with Gasteiger partial charge in [0.2, 0.25) is 5.91 Å². The zero-order valence-corrected chi connectivity index (χ0v) is 14.4. The maximum Gasteiger partial charge on any atom is 0.313 e. The molecule has 0 bridgehead atoms. The molecular weight excluding hydrogens is 320 g/mol. The molecule has 25 heavy (non-hydrogen) atoms. The van der Waals surface area contributed by atoms with E-state index in [4.69, 9.17) is 5.26 Å². The molecule has 0 aliphatic carbocycles. The molecule has 1 aromatic carbocycles. The average molecular weight is 342 g/mol. The fraction of sp³-hybridized carbons (Fsp3) is 0.444. The van der Waals surface area contributed by atoms with Crippen LogP contribution in [0.1, 0.15) is 32.3 Å². The molecule has 0 spiro atoms. The third-order valence-electron chi connectivity index (χ3n) is 4.02. The van der Waals surface area contributed by atoms with Gasteiger partial charge in [-0.2, -0.15) is 5.26 Å². The van der Waals surface area contributed by atoms with Crippen LogP contribution in [0.15, 0.2) is 24.3 Å². The van der Waals surface area contributed by atoms with Gasteiger partial charge in [0.15, 0.2) is 0 Å². The Hall–Kier alpha value is -2.88. The molecule has 2 N–H and O–H groups in total. The Morgan fingerprint density at radius 1 is 1.32 bits per heavy atom. The summed E-state index contributed by atoms with van der Waals surface area (Å²) in [6.07, 6.45) is 1.51. The summed E-state index contributed by atoms with van der Waals surface area (Å²) in [7, 11) is 0. The average Bonchev–Trinajstić information content (AvgIpc) is 2.61. The van der Waals surface area contributed by atoms with E-state index in [1.807, 2.05) is 19.9 Å². The van der Waals surface area contributed by atoms with Crippen molar-refractivity contribution in [1.82, 2.24) is 10.2 Å². The summed E-state index contributed by atoms with van der Waals surface area (Å²) in [6, 6.07) is 8.22. The monoisotopic (exact) mass is 342 g/mol. The van der Waals surface area contributed by atoms with E-state index in [1.165, 1.54) is 11.0 Å². The molecule has 1 aliphatic rings. The molecule has 1 atom stereocenters. The normalized spacial score (nSPS) is 16.9. The molecule has 7 heteroatoms. The first-order valence-corrected chi connectivity index (χ1v) is 8.31. The molecule has 1 aliphatic heterocycles. The predicted molar refractivity (Wildman–Crippen MR) is 92.4 cm³/mol. The van der Waals surface area contributed by atoms with Gasteiger partial charge in [0, 0.05) is 30.7 Å². The summed E-state index contributed by atoms with van der Waals surface area (Å²) in [6.45, 7) is 4.43. The van der Waals surface area contributed by atoms with Gasteiger partial charge in [0.1, 0.15) is 0 Å². The van der Waals surface area contributed by atoms with Crippen molar-refractivity contribution in [3.63, 3.8) is 0 Å².